The summed E-state index contributed by atoms with van der Waals surface area (Å²) in [4.78, 5) is 25.8. The Morgan fingerprint density at radius 2 is 1.88 bits per heavy atom. The van der Waals surface area contributed by atoms with Crippen molar-refractivity contribution in [1.82, 2.24) is 9.47 Å². The molecule has 0 bridgehead atoms. The topological polar surface area (TPSA) is 66.1 Å². The summed E-state index contributed by atoms with van der Waals surface area (Å²) in [5.74, 6) is 0.212. The van der Waals surface area contributed by atoms with E-state index in [0.29, 0.717) is 63.6 Å². The van der Waals surface area contributed by atoms with Crippen molar-refractivity contribution in [1.29, 1.82) is 5.26 Å². The summed E-state index contributed by atoms with van der Waals surface area (Å²) in [6.07, 6.45) is 3.52. The van der Waals surface area contributed by atoms with Crippen LogP contribution in [0.4, 0.5) is 0 Å². The summed E-state index contributed by atoms with van der Waals surface area (Å²) in [6, 6.07) is 10.9. The van der Waals surface area contributed by atoms with Crippen molar-refractivity contribution in [3.63, 3.8) is 0 Å². The van der Waals surface area contributed by atoms with Gasteiger partial charge in [-0.1, -0.05) is 34.8 Å². The molecule has 1 aromatic heterocycles. The maximum atomic E-state index is 13.2. The summed E-state index contributed by atoms with van der Waals surface area (Å²) in [5.41, 5.74) is 3.33. The van der Waals surface area contributed by atoms with Gasteiger partial charge in [0.05, 0.1) is 32.8 Å². The van der Waals surface area contributed by atoms with Gasteiger partial charge in [0.1, 0.15) is 6.29 Å². The van der Waals surface area contributed by atoms with Crippen LogP contribution in [0.3, 0.4) is 0 Å². The number of carbonyl (C=O) groups excluding carboxylic acids is 2. The van der Waals surface area contributed by atoms with E-state index in [-0.39, 0.29) is 5.91 Å². The molecule has 0 radical (unpaired) electrons. The quantitative estimate of drug-likeness (QED) is 0.399. The summed E-state index contributed by atoms with van der Waals surface area (Å²) in [5, 5.41) is 11.4. The number of carbonyl (C=O) groups is 2. The lowest BCUT2D eigenvalue weighted by Gasteiger charge is -2.31. The highest BCUT2D eigenvalue weighted by Gasteiger charge is 2.26. The van der Waals surface area contributed by atoms with Crippen molar-refractivity contribution in [2.45, 2.75) is 25.7 Å². The van der Waals surface area contributed by atoms with Crippen molar-refractivity contribution in [3.8, 4) is 6.07 Å². The fourth-order valence-electron chi connectivity index (χ4n) is 4.46. The van der Waals surface area contributed by atoms with Gasteiger partial charge in [-0.3, -0.25) is 4.79 Å². The highest BCUT2D eigenvalue weighted by molar-refractivity contribution is 6.38. The number of benzene rings is 2. The number of amides is 1. The first-order valence-corrected chi connectivity index (χ1v) is 11.8. The molecule has 8 heteroatoms. The number of hydrogen-bond acceptors (Lipinski definition) is 3. The first-order chi connectivity index (χ1) is 15.8. The monoisotopic (exact) mass is 501 g/mol. The van der Waals surface area contributed by atoms with Gasteiger partial charge in [-0.25, -0.2) is 0 Å². The third-order valence-electron chi connectivity index (χ3n) is 6.45. The second-order valence-electron chi connectivity index (χ2n) is 8.40. The van der Waals surface area contributed by atoms with Crippen molar-refractivity contribution >= 4 is 57.9 Å². The fourth-order valence-corrected chi connectivity index (χ4v) is 5.31. The average molecular weight is 503 g/mol. The van der Waals surface area contributed by atoms with E-state index < -0.39 is 0 Å². The zero-order valence-corrected chi connectivity index (χ0v) is 20.3. The number of piperidine rings is 1. The molecule has 1 saturated heterocycles. The normalized spacial score (nSPS) is 14.5. The van der Waals surface area contributed by atoms with Gasteiger partial charge in [-0.2, -0.15) is 5.26 Å². The first-order valence-electron chi connectivity index (χ1n) is 10.7. The molecule has 4 rings (SSSR count). The van der Waals surface area contributed by atoms with Crippen LogP contribution in [-0.4, -0.2) is 34.7 Å². The van der Waals surface area contributed by atoms with Gasteiger partial charge in [0.2, 0.25) is 0 Å². The van der Waals surface area contributed by atoms with Crippen LogP contribution < -0.4 is 0 Å². The zero-order chi connectivity index (χ0) is 23.7. The van der Waals surface area contributed by atoms with Gasteiger partial charge in [0, 0.05) is 49.1 Å². The maximum Gasteiger partial charge on any atom is 0.255 e. The molecule has 2 heterocycles. The SMILES string of the molecule is Cn1c(Cc2c(Cl)ccc(C(=O)N3CCC(CC=O)CC3)c2Cl)cc2c(Cl)cc(C#N)cc21. The van der Waals surface area contributed by atoms with Crippen LogP contribution >= 0.6 is 34.8 Å². The summed E-state index contributed by atoms with van der Waals surface area (Å²) >= 11 is 19.6. The molecule has 0 atom stereocenters. The summed E-state index contributed by atoms with van der Waals surface area (Å²) in [7, 11) is 1.90. The van der Waals surface area contributed by atoms with Crippen LogP contribution in [0.1, 0.15) is 46.4 Å². The standard InChI is InChI=1S/C25H22Cl3N3O2/c1-30-17(12-19-22(27)10-16(14-29)11-23(19)30)13-20-21(26)3-2-18(24(20)28)25(33)31-7-4-15(5-8-31)6-9-32/h2-3,9-12,15H,4-8,13H2,1H3. The van der Waals surface area contributed by atoms with Crippen molar-refractivity contribution in [3.05, 3.63) is 67.8 Å². The Morgan fingerprint density at radius 3 is 2.55 bits per heavy atom. The average Bonchev–Trinajstić information content (AvgIpc) is 3.13. The number of rotatable bonds is 5. The molecule has 170 valence electrons. The number of nitrogens with zero attached hydrogens (tertiary/aromatic N) is 3. The Kier molecular flexibility index (Phi) is 6.99. The van der Waals surface area contributed by atoms with Gasteiger partial charge >= 0.3 is 0 Å². The molecule has 2 aromatic carbocycles. The minimum Gasteiger partial charge on any atom is -0.347 e. The lowest BCUT2D eigenvalue weighted by molar-refractivity contribution is -0.108. The van der Waals surface area contributed by atoms with E-state index in [4.69, 9.17) is 34.8 Å². The Bertz CT molecular complexity index is 1280. The summed E-state index contributed by atoms with van der Waals surface area (Å²) in [6.45, 7) is 1.21. The minimum atomic E-state index is -0.124. The number of fused-ring (bicyclic) bond motifs is 1. The number of aromatic nitrogens is 1. The molecule has 3 aromatic rings. The minimum absolute atomic E-state index is 0.124. The first kappa shape index (κ1) is 23.6. The van der Waals surface area contributed by atoms with Crippen LogP contribution in [0, 0.1) is 17.2 Å². The molecule has 0 aliphatic carbocycles. The Balaban J connectivity index is 1.64. The Morgan fingerprint density at radius 1 is 1.15 bits per heavy atom. The number of aryl methyl sites for hydroxylation is 1. The molecule has 0 N–H and O–H groups in total. The third kappa shape index (κ3) is 4.61. The maximum absolute atomic E-state index is 13.2. The number of halogens is 3. The van der Waals surface area contributed by atoms with Crippen molar-refractivity contribution < 1.29 is 9.59 Å². The predicted molar refractivity (Wildman–Crippen MR) is 131 cm³/mol. The van der Waals surface area contributed by atoms with E-state index in [1.807, 2.05) is 17.7 Å². The van der Waals surface area contributed by atoms with Gasteiger partial charge < -0.3 is 14.3 Å². The van der Waals surface area contributed by atoms with E-state index >= 15 is 0 Å². The van der Waals surface area contributed by atoms with Crippen molar-refractivity contribution in [2.75, 3.05) is 13.1 Å². The number of likely N-dealkylation sites (tertiary alicyclic amines) is 1. The molecule has 33 heavy (non-hydrogen) atoms. The van der Waals surface area contributed by atoms with Crippen LogP contribution in [0.15, 0.2) is 30.3 Å². The zero-order valence-electron chi connectivity index (χ0n) is 18.1. The number of nitriles is 1. The lowest BCUT2D eigenvalue weighted by atomic mass is 9.93. The van der Waals surface area contributed by atoms with E-state index in [0.717, 1.165) is 35.7 Å². The van der Waals surface area contributed by atoms with Crippen LogP contribution in [0.5, 0.6) is 0 Å². The molecular formula is C25H22Cl3N3O2. The van der Waals surface area contributed by atoms with E-state index in [2.05, 4.69) is 6.07 Å². The summed E-state index contributed by atoms with van der Waals surface area (Å²) < 4.78 is 1.96. The van der Waals surface area contributed by atoms with Gasteiger partial charge in [-0.05, 0) is 54.7 Å². The third-order valence-corrected chi connectivity index (χ3v) is 7.54. The molecule has 5 nitrogen and oxygen atoms in total. The van der Waals surface area contributed by atoms with Crippen molar-refractivity contribution in [2.24, 2.45) is 13.0 Å². The van der Waals surface area contributed by atoms with Gasteiger partial charge in [0.25, 0.3) is 5.91 Å². The number of aldehydes is 1. The van der Waals surface area contributed by atoms with E-state index in [1.165, 1.54) is 0 Å². The van der Waals surface area contributed by atoms with E-state index in [1.54, 1.807) is 29.2 Å². The largest absolute Gasteiger partial charge is 0.347 e. The highest BCUT2D eigenvalue weighted by atomic mass is 35.5. The lowest BCUT2D eigenvalue weighted by Crippen LogP contribution is -2.38. The molecule has 0 spiro atoms. The number of hydrogen-bond donors (Lipinski definition) is 0. The predicted octanol–water partition coefficient (Wildman–Crippen LogP) is 6.04. The second-order valence-corrected chi connectivity index (χ2v) is 9.59. The van der Waals surface area contributed by atoms with Gasteiger partial charge in [-0.15, -0.1) is 0 Å². The van der Waals surface area contributed by atoms with E-state index in [9.17, 15) is 14.9 Å². The second kappa shape index (κ2) is 9.77. The molecule has 0 unspecified atom stereocenters. The Hall–Kier alpha value is -2.52. The molecular weight excluding hydrogens is 481 g/mol. The molecule has 1 fully saturated rings. The van der Waals surface area contributed by atoms with Crippen LogP contribution in [0.2, 0.25) is 15.1 Å². The highest BCUT2D eigenvalue weighted by Crippen LogP contribution is 2.34. The van der Waals surface area contributed by atoms with Gasteiger partial charge in [0.15, 0.2) is 0 Å². The van der Waals surface area contributed by atoms with Crippen LogP contribution in [-0.2, 0) is 18.3 Å². The van der Waals surface area contributed by atoms with Crippen LogP contribution in [0.25, 0.3) is 10.9 Å². The molecule has 1 amide bonds. The smallest absolute Gasteiger partial charge is 0.255 e. The molecule has 0 saturated carbocycles. The fraction of sp³-hybridized carbons (Fsp3) is 0.320. The molecule has 1 aliphatic heterocycles. The Labute approximate surface area is 207 Å². The molecule has 1 aliphatic rings.